The second-order valence-electron chi connectivity index (χ2n) is 6.08. The molecule has 0 atom stereocenters. The summed E-state index contributed by atoms with van der Waals surface area (Å²) in [5.41, 5.74) is 0.483. The van der Waals surface area contributed by atoms with Crippen molar-refractivity contribution >= 4 is 31.9 Å². The summed E-state index contributed by atoms with van der Waals surface area (Å²) in [6, 6.07) is 2.94. The number of sulfonamides is 1. The molecule has 1 fully saturated rings. The van der Waals surface area contributed by atoms with Crippen LogP contribution in [0.4, 0.5) is 0 Å². The number of carbonyl (C=O) groups is 1. The Morgan fingerprint density at radius 1 is 1.38 bits per heavy atom. The lowest BCUT2D eigenvalue weighted by molar-refractivity contribution is 0.0903. The first-order chi connectivity index (χ1) is 9.52. The van der Waals surface area contributed by atoms with Gasteiger partial charge in [-0.05, 0) is 57.2 Å². The summed E-state index contributed by atoms with van der Waals surface area (Å²) in [7, 11) is -3.87. The number of halogens is 1. The molecule has 0 saturated heterocycles. The summed E-state index contributed by atoms with van der Waals surface area (Å²) in [5, 5.41) is 8.17. The van der Waals surface area contributed by atoms with Crippen LogP contribution in [0, 0.1) is 12.8 Å². The lowest BCUT2D eigenvalue weighted by Gasteiger charge is -2.26. The molecular formula is C14H19BrN2O3S. The van der Waals surface area contributed by atoms with Crippen molar-refractivity contribution in [1.29, 1.82) is 0 Å². The first-order valence-corrected chi connectivity index (χ1v) is 9.02. The van der Waals surface area contributed by atoms with Crippen LogP contribution in [0.15, 0.2) is 21.5 Å². The largest absolute Gasteiger partial charge is 0.347 e. The fourth-order valence-electron chi connectivity index (χ4n) is 2.35. The number of hydrogen-bond acceptors (Lipinski definition) is 3. The van der Waals surface area contributed by atoms with Crippen LogP contribution in [0.2, 0.25) is 0 Å². The summed E-state index contributed by atoms with van der Waals surface area (Å²) in [6.45, 7) is 5.60. The highest BCUT2D eigenvalue weighted by molar-refractivity contribution is 9.10. The molecule has 1 aliphatic carbocycles. The number of primary sulfonamides is 1. The average molecular weight is 375 g/mol. The number of rotatable bonds is 4. The summed E-state index contributed by atoms with van der Waals surface area (Å²) < 4.78 is 23.8. The third-order valence-electron chi connectivity index (χ3n) is 3.90. The summed E-state index contributed by atoms with van der Waals surface area (Å²) in [6.07, 6.45) is 2.21. The Balaban J connectivity index is 2.36. The van der Waals surface area contributed by atoms with Crippen molar-refractivity contribution in [3.63, 3.8) is 0 Å². The van der Waals surface area contributed by atoms with Gasteiger partial charge in [0.2, 0.25) is 10.0 Å². The topological polar surface area (TPSA) is 89.3 Å². The van der Waals surface area contributed by atoms with Gasteiger partial charge in [0.15, 0.2) is 0 Å². The fraction of sp³-hybridized carbons (Fsp3) is 0.500. The zero-order valence-electron chi connectivity index (χ0n) is 12.2. The van der Waals surface area contributed by atoms with Crippen LogP contribution < -0.4 is 10.5 Å². The third kappa shape index (κ3) is 3.64. The molecular weight excluding hydrogens is 356 g/mol. The number of benzene rings is 1. The van der Waals surface area contributed by atoms with Crippen molar-refractivity contribution in [1.82, 2.24) is 5.32 Å². The van der Waals surface area contributed by atoms with E-state index in [4.69, 9.17) is 5.14 Å². The van der Waals surface area contributed by atoms with Gasteiger partial charge in [-0.3, -0.25) is 4.79 Å². The van der Waals surface area contributed by atoms with Crippen molar-refractivity contribution in [3.05, 3.63) is 27.7 Å². The third-order valence-corrected chi connectivity index (χ3v) is 5.76. The standard InChI is InChI=1S/C14H19BrN2O3S/c1-8-11(15)6-9(7-12(8)21(16,19)20)13(18)17-14(2,3)10-4-5-10/h6-7,10H,4-5H2,1-3H3,(H,17,18)(H2,16,19,20). The van der Waals surface area contributed by atoms with Gasteiger partial charge in [0, 0.05) is 15.6 Å². The molecule has 0 radical (unpaired) electrons. The minimum absolute atomic E-state index is 0.0359. The SMILES string of the molecule is Cc1c(Br)cc(C(=O)NC(C)(C)C2CC2)cc1S(N)(=O)=O. The van der Waals surface area contributed by atoms with Crippen molar-refractivity contribution in [2.45, 2.75) is 44.0 Å². The van der Waals surface area contributed by atoms with E-state index in [2.05, 4.69) is 21.2 Å². The second-order valence-corrected chi connectivity index (χ2v) is 8.46. The van der Waals surface area contributed by atoms with Gasteiger partial charge in [-0.25, -0.2) is 13.6 Å². The van der Waals surface area contributed by atoms with Crippen LogP contribution in [0.1, 0.15) is 42.6 Å². The van der Waals surface area contributed by atoms with E-state index in [0.29, 0.717) is 16.0 Å². The van der Waals surface area contributed by atoms with Gasteiger partial charge in [-0.15, -0.1) is 0 Å². The molecule has 1 saturated carbocycles. The number of hydrogen-bond donors (Lipinski definition) is 2. The normalized spacial score (nSPS) is 15.9. The van der Waals surface area contributed by atoms with E-state index in [9.17, 15) is 13.2 Å². The Bertz CT molecular complexity index is 694. The van der Waals surface area contributed by atoms with E-state index >= 15 is 0 Å². The molecule has 0 heterocycles. The van der Waals surface area contributed by atoms with Crippen molar-refractivity contribution in [3.8, 4) is 0 Å². The zero-order chi connectivity index (χ0) is 16.0. The molecule has 1 amide bonds. The van der Waals surface area contributed by atoms with Crippen molar-refractivity contribution < 1.29 is 13.2 Å². The maximum atomic E-state index is 12.4. The molecule has 2 rings (SSSR count). The molecule has 0 spiro atoms. The van der Waals surface area contributed by atoms with Gasteiger partial charge in [0.25, 0.3) is 5.91 Å². The van der Waals surface area contributed by atoms with Gasteiger partial charge in [-0.2, -0.15) is 0 Å². The van der Waals surface area contributed by atoms with Crippen LogP contribution in [0.3, 0.4) is 0 Å². The molecule has 1 aliphatic rings. The Hall–Kier alpha value is -0.920. The quantitative estimate of drug-likeness (QED) is 0.847. The minimum Gasteiger partial charge on any atom is -0.347 e. The highest BCUT2D eigenvalue weighted by Crippen LogP contribution is 2.39. The van der Waals surface area contributed by atoms with E-state index in [0.717, 1.165) is 12.8 Å². The van der Waals surface area contributed by atoms with Crippen LogP contribution in [-0.4, -0.2) is 19.9 Å². The molecule has 5 nitrogen and oxygen atoms in total. The second kappa shape index (κ2) is 5.37. The highest BCUT2D eigenvalue weighted by atomic mass is 79.9. The molecule has 1 aromatic carbocycles. The molecule has 1 aromatic rings. The van der Waals surface area contributed by atoms with Crippen LogP contribution in [0.5, 0.6) is 0 Å². The van der Waals surface area contributed by atoms with E-state index in [1.165, 1.54) is 6.07 Å². The Labute approximate surface area is 133 Å². The maximum absolute atomic E-state index is 12.4. The lowest BCUT2D eigenvalue weighted by Crippen LogP contribution is -2.45. The zero-order valence-corrected chi connectivity index (χ0v) is 14.6. The van der Waals surface area contributed by atoms with Gasteiger partial charge in [-0.1, -0.05) is 15.9 Å². The van der Waals surface area contributed by atoms with E-state index < -0.39 is 10.0 Å². The minimum atomic E-state index is -3.87. The summed E-state index contributed by atoms with van der Waals surface area (Å²) in [4.78, 5) is 12.3. The number of carbonyl (C=O) groups excluding carboxylic acids is 1. The first-order valence-electron chi connectivity index (χ1n) is 6.68. The molecule has 0 unspecified atom stereocenters. The predicted molar refractivity (Wildman–Crippen MR) is 84.5 cm³/mol. The van der Waals surface area contributed by atoms with E-state index in [-0.39, 0.29) is 21.9 Å². The molecule has 116 valence electrons. The van der Waals surface area contributed by atoms with Crippen molar-refractivity contribution in [2.24, 2.45) is 11.1 Å². The number of amides is 1. The molecule has 0 aromatic heterocycles. The Morgan fingerprint density at radius 2 is 1.95 bits per heavy atom. The van der Waals surface area contributed by atoms with Gasteiger partial charge >= 0.3 is 0 Å². The van der Waals surface area contributed by atoms with Crippen LogP contribution in [-0.2, 0) is 10.0 Å². The number of nitrogens with two attached hydrogens (primary N) is 1. The van der Waals surface area contributed by atoms with Crippen molar-refractivity contribution in [2.75, 3.05) is 0 Å². The molecule has 7 heteroatoms. The Morgan fingerprint density at radius 3 is 2.43 bits per heavy atom. The van der Waals surface area contributed by atoms with Crippen LogP contribution >= 0.6 is 15.9 Å². The summed E-state index contributed by atoms with van der Waals surface area (Å²) >= 11 is 3.28. The molecule has 21 heavy (non-hydrogen) atoms. The lowest BCUT2D eigenvalue weighted by atomic mass is 9.98. The van der Waals surface area contributed by atoms with Gasteiger partial charge < -0.3 is 5.32 Å². The summed E-state index contributed by atoms with van der Waals surface area (Å²) in [5.74, 6) is 0.186. The average Bonchev–Trinajstić information content (AvgIpc) is 3.14. The Kier molecular flexibility index (Phi) is 4.21. The maximum Gasteiger partial charge on any atom is 0.251 e. The number of nitrogens with one attached hydrogen (secondary N) is 1. The highest BCUT2D eigenvalue weighted by Gasteiger charge is 2.39. The van der Waals surface area contributed by atoms with Gasteiger partial charge in [0.1, 0.15) is 0 Å². The van der Waals surface area contributed by atoms with Gasteiger partial charge in [0.05, 0.1) is 4.90 Å². The molecule has 3 N–H and O–H groups in total. The predicted octanol–water partition coefficient (Wildman–Crippen LogP) is 2.32. The monoisotopic (exact) mass is 374 g/mol. The van der Waals surface area contributed by atoms with E-state index in [1.54, 1.807) is 13.0 Å². The first kappa shape index (κ1) is 16.5. The molecule has 0 bridgehead atoms. The fourth-order valence-corrected chi connectivity index (χ4v) is 3.77. The molecule has 0 aliphatic heterocycles. The smallest absolute Gasteiger partial charge is 0.251 e. The van der Waals surface area contributed by atoms with Crippen LogP contribution in [0.25, 0.3) is 0 Å². The van der Waals surface area contributed by atoms with E-state index in [1.807, 2.05) is 13.8 Å².